The van der Waals surface area contributed by atoms with Gasteiger partial charge in [-0.2, -0.15) is 4.31 Å². The van der Waals surface area contributed by atoms with Gasteiger partial charge in [-0.05, 0) is 38.1 Å². The van der Waals surface area contributed by atoms with Crippen LogP contribution in [0.25, 0.3) is 0 Å². The van der Waals surface area contributed by atoms with Crippen molar-refractivity contribution in [2.24, 2.45) is 0 Å². The number of hydrogen-bond acceptors (Lipinski definition) is 5. The molecule has 8 heteroatoms. The van der Waals surface area contributed by atoms with Gasteiger partial charge in [-0.25, -0.2) is 8.42 Å². The van der Waals surface area contributed by atoms with Crippen LogP contribution in [-0.2, 0) is 14.8 Å². The molecule has 2 aromatic rings. The average molecular weight is 404 g/mol. The number of para-hydroxylation sites is 1. The molecule has 0 fully saturated rings. The highest BCUT2D eigenvalue weighted by atomic mass is 32.2. The molecule has 0 saturated carbocycles. The summed E-state index contributed by atoms with van der Waals surface area (Å²) in [5.41, 5.74) is 0.729. The lowest BCUT2D eigenvalue weighted by Gasteiger charge is -2.29. The predicted octanol–water partition coefficient (Wildman–Crippen LogP) is 2.52. The Morgan fingerprint density at radius 3 is 2.32 bits per heavy atom. The summed E-state index contributed by atoms with van der Waals surface area (Å²) in [6, 6.07) is 13.6. The number of nitrogens with zero attached hydrogens (tertiary/aromatic N) is 2. The maximum atomic E-state index is 12.9. The Kier molecular flexibility index (Phi) is 5.90. The van der Waals surface area contributed by atoms with Crippen LogP contribution >= 0.6 is 0 Å². The molecule has 0 unspecified atom stereocenters. The van der Waals surface area contributed by atoms with Crippen molar-refractivity contribution in [3.63, 3.8) is 0 Å². The summed E-state index contributed by atoms with van der Waals surface area (Å²) in [5, 5.41) is 0. The van der Waals surface area contributed by atoms with Gasteiger partial charge in [-0.3, -0.25) is 4.79 Å². The molecule has 1 amide bonds. The van der Waals surface area contributed by atoms with Gasteiger partial charge < -0.3 is 14.4 Å². The highest BCUT2D eigenvalue weighted by molar-refractivity contribution is 7.89. The van der Waals surface area contributed by atoms with Crippen molar-refractivity contribution < 1.29 is 22.7 Å². The van der Waals surface area contributed by atoms with E-state index in [2.05, 4.69) is 0 Å². The van der Waals surface area contributed by atoms with E-state index in [1.807, 2.05) is 44.2 Å². The van der Waals surface area contributed by atoms with Gasteiger partial charge in [0, 0.05) is 24.8 Å². The number of hydrogen-bond donors (Lipinski definition) is 0. The molecule has 0 aromatic heterocycles. The van der Waals surface area contributed by atoms with Gasteiger partial charge in [0.25, 0.3) is 0 Å². The highest BCUT2D eigenvalue weighted by Crippen LogP contribution is 2.33. The second-order valence-corrected chi connectivity index (χ2v) is 8.80. The Labute approximate surface area is 165 Å². The lowest BCUT2D eigenvalue weighted by atomic mass is 10.2. The van der Waals surface area contributed by atoms with Gasteiger partial charge in [0.1, 0.15) is 13.2 Å². The van der Waals surface area contributed by atoms with Gasteiger partial charge in [-0.1, -0.05) is 18.2 Å². The molecule has 0 N–H and O–H groups in total. The Morgan fingerprint density at radius 2 is 1.68 bits per heavy atom. The van der Waals surface area contributed by atoms with Crippen LogP contribution in [0, 0.1) is 0 Å². The lowest BCUT2D eigenvalue weighted by Crippen LogP contribution is -2.44. The summed E-state index contributed by atoms with van der Waals surface area (Å²) >= 11 is 0. The van der Waals surface area contributed by atoms with Gasteiger partial charge >= 0.3 is 0 Å². The minimum absolute atomic E-state index is 0.0582. The number of ether oxygens (including phenoxy) is 2. The Morgan fingerprint density at radius 1 is 1.04 bits per heavy atom. The Hall–Kier alpha value is -2.58. The summed E-state index contributed by atoms with van der Waals surface area (Å²) in [6.07, 6.45) is 0. The van der Waals surface area contributed by atoms with E-state index in [1.54, 1.807) is 11.0 Å². The number of rotatable bonds is 6. The van der Waals surface area contributed by atoms with Crippen LogP contribution in [0.5, 0.6) is 11.5 Å². The second kappa shape index (κ2) is 8.20. The van der Waals surface area contributed by atoms with Crippen LogP contribution in [0.2, 0.25) is 0 Å². The summed E-state index contributed by atoms with van der Waals surface area (Å²) in [4.78, 5) is 14.5. The summed E-state index contributed by atoms with van der Waals surface area (Å²) in [5.74, 6) is 0.601. The lowest BCUT2D eigenvalue weighted by molar-refractivity contribution is -0.119. The van der Waals surface area contributed by atoms with Crippen molar-refractivity contribution in [1.29, 1.82) is 0 Å². The molecule has 7 nitrogen and oxygen atoms in total. The number of amides is 1. The SMILES string of the molecule is CC(C)N(C(=O)CN(C)S(=O)(=O)c1ccc2c(c1)OCCO2)c1ccccc1. The largest absolute Gasteiger partial charge is 0.486 e. The number of carbonyl (C=O) groups is 1. The molecule has 1 aliphatic rings. The van der Waals surface area contributed by atoms with E-state index in [9.17, 15) is 13.2 Å². The van der Waals surface area contributed by atoms with Crippen molar-refractivity contribution in [1.82, 2.24) is 4.31 Å². The Bertz CT molecular complexity index is 944. The number of benzene rings is 2. The second-order valence-electron chi connectivity index (χ2n) is 6.76. The third-order valence-electron chi connectivity index (χ3n) is 4.40. The monoisotopic (exact) mass is 404 g/mol. The fourth-order valence-electron chi connectivity index (χ4n) is 3.03. The molecule has 0 radical (unpaired) electrons. The third kappa shape index (κ3) is 4.13. The van der Waals surface area contributed by atoms with Crippen molar-refractivity contribution in [2.75, 3.05) is 31.7 Å². The van der Waals surface area contributed by atoms with Crippen molar-refractivity contribution in [2.45, 2.75) is 24.8 Å². The molecule has 0 bridgehead atoms. The number of fused-ring (bicyclic) bond motifs is 1. The zero-order valence-electron chi connectivity index (χ0n) is 16.2. The molecule has 1 aliphatic heterocycles. The molecule has 0 atom stereocenters. The average Bonchev–Trinajstić information content (AvgIpc) is 2.68. The maximum Gasteiger partial charge on any atom is 0.243 e. The quantitative estimate of drug-likeness (QED) is 0.740. The highest BCUT2D eigenvalue weighted by Gasteiger charge is 2.28. The van der Waals surface area contributed by atoms with Crippen molar-refractivity contribution in [3.8, 4) is 11.5 Å². The molecule has 0 saturated heterocycles. The van der Waals surface area contributed by atoms with E-state index >= 15 is 0 Å². The topological polar surface area (TPSA) is 76.2 Å². The minimum Gasteiger partial charge on any atom is -0.486 e. The maximum absolute atomic E-state index is 12.9. The van der Waals surface area contributed by atoms with Crippen molar-refractivity contribution >= 4 is 21.6 Å². The first-order chi connectivity index (χ1) is 13.3. The number of anilines is 1. The van der Waals surface area contributed by atoms with Crippen LogP contribution < -0.4 is 14.4 Å². The van der Waals surface area contributed by atoms with E-state index < -0.39 is 10.0 Å². The zero-order valence-corrected chi connectivity index (χ0v) is 17.0. The number of likely N-dealkylation sites (N-methyl/N-ethyl adjacent to an activating group) is 1. The fraction of sp³-hybridized carbons (Fsp3) is 0.350. The number of sulfonamides is 1. The van der Waals surface area contributed by atoms with E-state index in [1.165, 1.54) is 19.2 Å². The third-order valence-corrected chi connectivity index (χ3v) is 6.20. The summed E-state index contributed by atoms with van der Waals surface area (Å²) in [6.45, 7) is 4.30. The molecule has 150 valence electrons. The molecule has 3 rings (SSSR count). The van der Waals surface area contributed by atoms with Crippen LogP contribution in [0.15, 0.2) is 53.4 Å². The Balaban J connectivity index is 1.80. The molecular formula is C20H24N2O5S. The molecular weight excluding hydrogens is 380 g/mol. The summed E-state index contributed by atoms with van der Waals surface area (Å²) < 4.78 is 37.8. The van der Waals surface area contributed by atoms with Crippen LogP contribution in [0.1, 0.15) is 13.8 Å². The van der Waals surface area contributed by atoms with Gasteiger partial charge in [-0.15, -0.1) is 0 Å². The summed E-state index contributed by atoms with van der Waals surface area (Å²) in [7, 11) is -2.46. The normalized spacial score (nSPS) is 13.6. The standard InChI is InChI=1S/C20H24N2O5S/c1-15(2)22(16-7-5-4-6-8-16)20(23)14-21(3)28(24,25)17-9-10-18-19(13-17)27-12-11-26-18/h4-10,13,15H,11-12,14H2,1-3H3. The molecule has 0 aliphatic carbocycles. The predicted molar refractivity (Wildman–Crippen MR) is 106 cm³/mol. The molecule has 28 heavy (non-hydrogen) atoms. The first-order valence-electron chi connectivity index (χ1n) is 9.04. The van der Waals surface area contributed by atoms with E-state index in [0.717, 1.165) is 9.99 Å². The van der Waals surface area contributed by atoms with Gasteiger partial charge in [0.15, 0.2) is 11.5 Å². The van der Waals surface area contributed by atoms with Crippen molar-refractivity contribution in [3.05, 3.63) is 48.5 Å². The van der Waals surface area contributed by atoms with Gasteiger partial charge in [0.2, 0.25) is 15.9 Å². The molecule has 1 heterocycles. The smallest absolute Gasteiger partial charge is 0.243 e. The molecule has 0 spiro atoms. The molecule has 2 aromatic carbocycles. The van der Waals surface area contributed by atoms with E-state index in [0.29, 0.717) is 24.7 Å². The van der Waals surface area contributed by atoms with Crippen LogP contribution in [-0.4, -0.2) is 51.5 Å². The fourth-order valence-corrected chi connectivity index (χ4v) is 4.17. The zero-order chi connectivity index (χ0) is 20.3. The first-order valence-corrected chi connectivity index (χ1v) is 10.5. The first kappa shape index (κ1) is 20.2. The van der Waals surface area contributed by atoms with E-state index in [-0.39, 0.29) is 23.4 Å². The van der Waals surface area contributed by atoms with Crippen LogP contribution in [0.4, 0.5) is 5.69 Å². The van der Waals surface area contributed by atoms with E-state index in [4.69, 9.17) is 9.47 Å². The number of carbonyl (C=O) groups excluding carboxylic acids is 1. The minimum atomic E-state index is -3.86. The van der Waals surface area contributed by atoms with Crippen LogP contribution in [0.3, 0.4) is 0 Å². The van der Waals surface area contributed by atoms with Gasteiger partial charge in [0.05, 0.1) is 11.4 Å².